The number of hydrogen-bond donors (Lipinski definition) is 2. The lowest BCUT2D eigenvalue weighted by atomic mass is 10.0. The Morgan fingerprint density at radius 3 is 3.00 bits per heavy atom. The number of hydrogen-bond acceptors (Lipinski definition) is 4. The fraction of sp³-hybridized carbons (Fsp3) is 0.357. The summed E-state index contributed by atoms with van der Waals surface area (Å²) in [6.45, 7) is 2.80. The van der Waals surface area contributed by atoms with Crippen LogP contribution < -0.4 is 10.2 Å². The van der Waals surface area contributed by atoms with Gasteiger partial charge in [0, 0.05) is 13.1 Å². The lowest BCUT2D eigenvalue weighted by Gasteiger charge is -2.36. The average molecular weight is 273 g/mol. The molecular formula is C14H15N3O3. The van der Waals surface area contributed by atoms with Crippen molar-refractivity contribution in [3.63, 3.8) is 0 Å². The molecule has 1 aromatic carbocycles. The minimum atomic E-state index is -1.04. The topological polar surface area (TPSA) is 93.4 Å². The summed E-state index contributed by atoms with van der Waals surface area (Å²) in [4.78, 5) is 24.5. The lowest BCUT2D eigenvalue weighted by molar-refractivity contribution is -0.139. The first-order valence-electron chi connectivity index (χ1n) is 6.30. The van der Waals surface area contributed by atoms with E-state index >= 15 is 0 Å². The first-order valence-corrected chi connectivity index (χ1v) is 6.30. The first-order chi connectivity index (χ1) is 9.52. The van der Waals surface area contributed by atoms with Gasteiger partial charge in [0.15, 0.2) is 0 Å². The van der Waals surface area contributed by atoms with Crippen LogP contribution in [0.4, 0.5) is 5.69 Å². The van der Waals surface area contributed by atoms with Gasteiger partial charge in [0.05, 0.1) is 17.7 Å². The summed E-state index contributed by atoms with van der Waals surface area (Å²) in [6, 6.07) is 6.67. The van der Waals surface area contributed by atoms with E-state index in [2.05, 4.69) is 11.4 Å². The van der Waals surface area contributed by atoms with Gasteiger partial charge in [0.1, 0.15) is 12.1 Å². The quantitative estimate of drug-likeness (QED) is 0.843. The number of anilines is 1. The van der Waals surface area contributed by atoms with Crippen LogP contribution in [-0.4, -0.2) is 36.1 Å². The normalized spacial score (nSPS) is 18.3. The number of carbonyl (C=O) groups is 2. The van der Waals surface area contributed by atoms with Crippen LogP contribution in [0.1, 0.15) is 17.5 Å². The summed E-state index contributed by atoms with van der Waals surface area (Å²) in [6.07, 6.45) is -0.287. The number of carboxylic acids is 1. The molecule has 0 aromatic heterocycles. The van der Waals surface area contributed by atoms with E-state index in [0.717, 1.165) is 5.56 Å². The lowest BCUT2D eigenvalue weighted by Crippen LogP contribution is -2.56. The molecule has 0 radical (unpaired) electrons. The number of amides is 1. The zero-order valence-electron chi connectivity index (χ0n) is 11.1. The number of nitrogens with one attached hydrogen (secondary N) is 1. The van der Waals surface area contributed by atoms with Crippen molar-refractivity contribution in [1.29, 1.82) is 5.26 Å². The molecule has 0 spiro atoms. The standard InChI is InChI=1S/C14H15N3O3/c1-9-2-3-11(10(6-9)8-15)17-5-4-16-14(20)12(17)7-13(18)19/h2-3,6,12H,4-5,7H2,1H3,(H,16,20)(H,18,19). The predicted molar refractivity (Wildman–Crippen MR) is 72.3 cm³/mol. The summed E-state index contributed by atoms with van der Waals surface area (Å²) in [5.41, 5.74) is 2.01. The number of nitriles is 1. The van der Waals surface area contributed by atoms with Crippen molar-refractivity contribution >= 4 is 17.6 Å². The average Bonchev–Trinajstić information content (AvgIpc) is 2.41. The molecule has 6 heteroatoms. The minimum absolute atomic E-state index is 0.287. The van der Waals surface area contributed by atoms with E-state index < -0.39 is 12.0 Å². The molecule has 2 rings (SSSR count). The Morgan fingerprint density at radius 2 is 2.35 bits per heavy atom. The summed E-state index contributed by atoms with van der Waals surface area (Å²) >= 11 is 0. The third-order valence-corrected chi connectivity index (χ3v) is 3.28. The number of aliphatic carboxylic acids is 1. The van der Waals surface area contributed by atoms with Gasteiger partial charge in [-0.25, -0.2) is 0 Å². The SMILES string of the molecule is Cc1ccc(N2CCNC(=O)C2CC(=O)O)c(C#N)c1. The predicted octanol–water partition coefficient (Wildman–Crippen LogP) is 0.646. The minimum Gasteiger partial charge on any atom is -0.481 e. The molecule has 1 atom stereocenters. The molecule has 2 N–H and O–H groups in total. The van der Waals surface area contributed by atoms with Gasteiger partial charge < -0.3 is 15.3 Å². The van der Waals surface area contributed by atoms with E-state index in [1.807, 2.05) is 13.0 Å². The van der Waals surface area contributed by atoms with E-state index in [9.17, 15) is 14.9 Å². The monoisotopic (exact) mass is 273 g/mol. The highest BCUT2D eigenvalue weighted by Gasteiger charge is 2.32. The number of benzene rings is 1. The summed E-state index contributed by atoms with van der Waals surface area (Å²) in [5, 5.41) is 20.8. The van der Waals surface area contributed by atoms with Crippen LogP contribution in [0.2, 0.25) is 0 Å². The molecule has 104 valence electrons. The van der Waals surface area contributed by atoms with Crippen molar-refractivity contribution < 1.29 is 14.7 Å². The molecule has 1 amide bonds. The van der Waals surface area contributed by atoms with Crippen molar-refractivity contribution in [2.45, 2.75) is 19.4 Å². The van der Waals surface area contributed by atoms with E-state index in [1.165, 1.54) is 0 Å². The molecule has 1 aliphatic heterocycles. The molecule has 0 aliphatic carbocycles. The van der Waals surface area contributed by atoms with Gasteiger partial charge in [-0.15, -0.1) is 0 Å². The zero-order chi connectivity index (χ0) is 14.7. The highest BCUT2D eigenvalue weighted by molar-refractivity contribution is 5.90. The number of piperazine rings is 1. The summed E-state index contributed by atoms with van der Waals surface area (Å²) in [7, 11) is 0. The Balaban J connectivity index is 2.40. The number of rotatable bonds is 3. The van der Waals surface area contributed by atoms with Gasteiger partial charge in [-0.1, -0.05) is 6.07 Å². The number of carbonyl (C=O) groups excluding carboxylic acids is 1. The molecule has 0 saturated carbocycles. The smallest absolute Gasteiger partial charge is 0.305 e. The maximum atomic E-state index is 11.9. The van der Waals surface area contributed by atoms with Crippen LogP contribution in [0, 0.1) is 18.3 Å². The molecule has 1 fully saturated rings. The van der Waals surface area contributed by atoms with Crippen molar-refractivity contribution in [2.24, 2.45) is 0 Å². The number of nitrogens with zero attached hydrogens (tertiary/aromatic N) is 2. The van der Waals surface area contributed by atoms with Gasteiger partial charge in [0.25, 0.3) is 0 Å². The molecule has 6 nitrogen and oxygen atoms in total. The van der Waals surface area contributed by atoms with E-state index in [0.29, 0.717) is 24.3 Å². The second kappa shape index (κ2) is 5.61. The summed E-state index contributed by atoms with van der Waals surface area (Å²) in [5.74, 6) is -1.36. The number of aryl methyl sites for hydroxylation is 1. The van der Waals surface area contributed by atoms with Crippen molar-refractivity contribution in [1.82, 2.24) is 5.32 Å². The molecule has 1 unspecified atom stereocenters. The second-order valence-electron chi connectivity index (χ2n) is 4.73. The van der Waals surface area contributed by atoms with Crippen LogP contribution in [0.3, 0.4) is 0 Å². The largest absolute Gasteiger partial charge is 0.481 e. The van der Waals surface area contributed by atoms with Crippen molar-refractivity contribution in [2.75, 3.05) is 18.0 Å². The first kappa shape index (κ1) is 13.9. The van der Waals surface area contributed by atoms with Gasteiger partial charge >= 0.3 is 5.97 Å². The Bertz CT molecular complexity index is 592. The molecule has 0 bridgehead atoms. The zero-order valence-corrected chi connectivity index (χ0v) is 11.1. The maximum absolute atomic E-state index is 11.9. The van der Waals surface area contributed by atoms with E-state index in [1.54, 1.807) is 17.0 Å². The Morgan fingerprint density at radius 1 is 1.60 bits per heavy atom. The van der Waals surface area contributed by atoms with Gasteiger partial charge in [0.2, 0.25) is 5.91 Å². The Labute approximate surface area is 116 Å². The molecule has 1 heterocycles. The molecule has 1 saturated heterocycles. The fourth-order valence-electron chi connectivity index (χ4n) is 2.36. The van der Waals surface area contributed by atoms with Gasteiger partial charge in [-0.3, -0.25) is 9.59 Å². The third-order valence-electron chi connectivity index (χ3n) is 3.28. The van der Waals surface area contributed by atoms with Gasteiger partial charge in [-0.2, -0.15) is 5.26 Å². The fourth-order valence-corrected chi connectivity index (χ4v) is 2.36. The molecular weight excluding hydrogens is 258 g/mol. The highest BCUT2D eigenvalue weighted by atomic mass is 16.4. The van der Waals surface area contributed by atoms with Crippen LogP contribution in [0.25, 0.3) is 0 Å². The molecule has 1 aliphatic rings. The van der Waals surface area contributed by atoms with Crippen LogP contribution in [0.15, 0.2) is 18.2 Å². The van der Waals surface area contributed by atoms with Gasteiger partial charge in [-0.05, 0) is 24.6 Å². The molecule has 20 heavy (non-hydrogen) atoms. The van der Waals surface area contributed by atoms with E-state index in [-0.39, 0.29) is 12.3 Å². The Hall–Kier alpha value is -2.55. The number of carboxylic acid groups (broad SMARTS) is 1. The van der Waals surface area contributed by atoms with E-state index in [4.69, 9.17) is 5.11 Å². The van der Waals surface area contributed by atoms with Crippen LogP contribution in [0.5, 0.6) is 0 Å². The maximum Gasteiger partial charge on any atom is 0.305 e. The van der Waals surface area contributed by atoms with Crippen LogP contribution >= 0.6 is 0 Å². The van der Waals surface area contributed by atoms with Crippen molar-refractivity contribution in [3.8, 4) is 6.07 Å². The van der Waals surface area contributed by atoms with Crippen LogP contribution in [-0.2, 0) is 9.59 Å². The van der Waals surface area contributed by atoms with Crippen molar-refractivity contribution in [3.05, 3.63) is 29.3 Å². The second-order valence-corrected chi connectivity index (χ2v) is 4.73. The summed E-state index contributed by atoms with van der Waals surface area (Å²) < 4.78 is 0. The molecule has 1 aromatic rings. The highest BCUT2D eigenvalue weighted by Crippen LogP contribution is 2.25. The third kappa shape index (κ3) is 2.72. The Kier molecular flexibility index (Phi) is 3.89.